The minimum absolute atomic E-state index is 0.201. The molecule has 0 amide bonds. The van der Waals surface area contributed by atoms with Crippen molar-refractivity contribution in [1.29, 1.82) is 0 Å². The summed E-state index contributed by atoms with van der Waals surface area (Å²) in [5.74, 6) is -1.69. The number of carbonyl (C=O) groups excluding carboxylic acids is 1. The first-order valence-electron chi connectivity index (χ1n) is 3.63. The molecule has 0 saturated carbocycles. The topological polar surface area (TPSA) is 63.6 Å². The molecule has 0 aliphatic rings. The van der Waals surface area contributed by atoms with Gasteiger partial charge in [-0.1, -0.05) is 13.3 Å². The highest BCUT2D eigenvalue weighted by atomic mass is 16.5. The number of rotatable bonds is 4. The number of carboxylic acid groups (broad SMARTS) is 1. The third-order valence-electron chi connectivity index (χ3n) is 1.26. The van der Waals surface area contributed by atoms with Gasteiger partial charge in [0.1, 0.15) is 0 Å². The van der Waals surface area contributed by atoms with Gasteiger partial charge in [-0.05, 0) is 6.42 Å². The molecule has 0 saturated heterocycles. The van der Waals surface area contributed by atoms with E-state index in [-0.39, 0.29) is 5.57 Å². The van der Waals surface area contributed by atoms with Crippen LogP contribution in [0.4, 0.5) is 0 Å². The van der Waals surface area contributed by atoms with E-state index in [9.17, 15) is 9.59 Å². The summed E-state index contributed by atoms with van der Waals surface area (Å²) in [4.78, 5) is 21.1. The van der Waals surface area contributed by atoms with Crippen LogP contribution in [0.2, 0.25) is 0 Å². The highest BCUT2D eigenvalue weighted by Gasteiger charge is 2.09. The molecule has 4 heteroatoms. The summed E-state index contributed by atoms with van der Waals surface area (Å²) in [5.41, 5.74) is 0.201. The van der Waals surface area contributed by atoms with Gasteiger partial charge in [-0.25, -0.2) is 9.59 Å². The lowest BCUT2D eigenvalue weighted by molar-refractivity contribution is -0.137. The first-order chi connectivity index (χ1) is 5.61. The quantitative estimate of drug-likeness (QED) is 0.507. The Morgan fingerprint density at radius 2 is 2.08 bits per heavy atom. The van der Waals surface area contributed by atoms with E-state index in [0.29, 0.717) is 12.8 Å². The molecule has 0 heterocycles. The van der Waals surface area contributed by atoms with Crippen LogP contribution in [-0.4, -0.2) is 24.2 Å². The van der Waals surface area contributed by atoms with E-state index in [1.165, 1.54) is 7.11 Å². The Kier molecular flexibility index (Phi) is 4.76. The summed E-state index contributed by atoms with van der Waals surface area (Å²) in [6.45, 7) is 1.86. The van der Waals surface area contributed by atoms with E-state index in [1.54, 1.807) is 0 Å². The Morgan fingerprint density at radius 3 is 2.42 bits per heavy atom. The molecule has 0 fully saturated rings. The number of esters is 1. The van der Waals surface area contributed by atoms with E-state index in [4.69, 9.17) is 5.11 Å². The van der Waals surface area contributed by atoms with Crippen LogP contribution in [0.25, 0.3) is 0 Å². The second-order valence-electron chi connectivity index (χ2n) is 2.25. The van der Waals surface area contributed by atoms with Crippen molar-refractivity contribution in [2.45, 2.75) is 19.8 Å². The fourth-order valence-electron chi connectivity index (χ4n) is 0.783. The molecule has 0 aromatic heterocycles. The summed E-state index contributed by atoms with van der Waals surface area (Å²) < 4.78 is 4.40. The van der Waals surface area contributed by atoms with Crippen molar-refractivity contribution < 1.29 is 19.4 Å². The Morgan fingerprint density at radius 1 is 1.50 bits per heavy atom. The van der Waals surface area contributed by atoms with Gasteiger partial charge < -0.3 is 9.84 Å². The lowest BCUT2D eigenvalue weighted by Crippen LogP contribution is -2.06. The molecule has 4 nitrogen and oxygen atoms in total. The molecule has 0 aliphatic heterocycles. The predicted molar refractivity (Wildman–Crippen MR) is 42.6 cm³/mol. The van der Waals surface area contributed by atoms with Gasteiger partial charge in [0.25, 0.3) is 0 Å². The SMILES string of the molecule is CCC/C(=C\C(=O)O)C(=O)OC. The Balaban J connectivity index is 4.42. The number of carbonyl (C=O) groups is 2. The summed E-state index contributed by atoms with van der Waals surface area (Å²) in [6, 6.07) is 0. The average Bonchev–Trinajstić information content (AvgIpc) is 2.01. The van der Waals surface area contributed by atoms with Crippen LogP contribution in [-0.2, 0) is 14.3 Å². The lowest BCUT2D eigenvalue weighted by Gasteiger charge is -2.01. The maximum absolute atomic E-state index is 10.9. The minimum atomic E-state index is -1.12. The van der Waals surface area contributed by atoms with Crippen LogP contribution < -0.4 is 0 Å². The van der Waals surface area contributed by atoms with Crippen LogP contribution in [0.3, 0.4) is 0 Å². The van der Waals surface area contributed by atoms with Crippen molar-refractivity contribution in [3.05, 3.63) is 11.6 Å². The van der Waals surface area contributed by atoms with Crippen molar-refractivity contribution in [1.82, 2.24) is 0 Å². The second kappa shape index (κ2) is 5.35. The van der Waals surface area contributed by atoms with Crippen LogP contribution in [0.15, 0.2) is 11.6 Å². The van der Waals surface area contributed by atoms with Gasteiger partial charge in [-0.3, -0.25) is 0 Å². The fraction of sp³-hybridized carbons (Fsp3) is 0.500. The Bertz CT molecular complexity index is 205. The monoisotopic (exact) mass is 172 g/mol. The largest absolute Gasteiger partial charge is 0.478 e. The molecule has 0 aromatic carbocycles. The molecular formula is C8H12O4. The summed E-state index contributed by atoms with van der Waals surface area (Å²) in [7, 11) is 1.23. The molecule has 0 bridgehead atoms. The molecule has 0 aromatic rings. The van der Waals surface area contributed by atoms with E-state index >= 15 is 0 Å². The number of ether oxygens (including phenoxy) is 1. The Labute approximate surface area is 70.8 Å². The standard InChI is InChI=1S/C8H12O4/c1-3-4-6(5-7(9)10)8(11)12-2/h5H,3-4H2,1-2H3,(H,9,10)/b6-5+. The van der Waals surface area contributed by atoms with E-state index in [0.717, 1.165) is 6.08 Å². The first-order valence-corrected chi connectivity index (χ1v) is 3.63. The zero-order valence-electron chi connectivity index (χ0n) is 7.16. The van der Waals surface area contributed by atoms with Gasteiger partial charge in [0.15, 0.2) is 0 Å². The van der Waals surface area contributed by atoms with Gasteiger partial charge in [0.05, 0.1) is 7.11 Å². The van der Waals surface area contributed by atoms with E-state index in [2.05, 4.69) is 4.74 Å². The van der Waals surface area contributed by atoms with Crippen LogP contribution in [0.5, 0.6) is 0 Å². The smallest absolute Gasteiger partial charge is 0.333 e. The summed E-state index contributed by atoms with van der Waals surface area (Å²) in [5, 5.41) is 8.37. The van der Waals surface area contributed by atoms with Crippen LogP contribution in [0.1, 0.15) is 19.8 Å². The highest BCUT2D eigenvalue weighted by Crippen LogP contribution is 2.06. The molecule has 0 rings (SSSR count). The Hall–Kier alpha value is -1.32. The van der Waals surface area contributed by atoms with Gasteiger partial charge >= 0.3 is 11.9 Å². The van der Waals surface area contributed by atoms with Crippen molar-refractivity contribution in [3.8, 4) is 0 Å². The first kappa shape index (κ1) is 10.7. The number of aliphatic carboxylic acids is 1. The molecule has 0 spiro atoms. The molecule has 0 radical (unpaired) electrons. The molecule has 68 valence electrons. The van der Waals surface area contributed by atoms with Crippen LogP contribution >= 0.6 is 0 Å². The van der Waals surface area contributed by atoms with Gasteiger partial charge in [-0.2, -0.15) is 0 Å². The number of hydrogen-bond acceptors (Lipinski definition) is 3. The summed E-state index contributed by atoms with van der Waals surface area (Å²) >= 11 is 0. The van der Waals surface area contributed by atoms with Crippen molar-refractivity contribution in [2.24, 2.45) is 0 Å². The maximum Gasteiger partial charge on any atom is 0.333 e. The lowest BCUT2D eigenvalue weighted by atomic mass is 10.1. The molecule has 1 N–H and O–H groups in total. The van der Waals surface area contributed by atoms with E-state index in [1.807, 2.05) is 6.92 Å². The molecular weight excluding hydrogens is 160 g/mol. The zero-order valence-corrected chi connectivity index (χ0v) is 7.16. The van der Waals surface area contributed by atoms with Gasteiger partial charge in [0.2, 0.25) is 0 Å². The minimum Gasteiger partial charge on any atom is -0.478 e. The molecule has 0 aliphatic carbocycles. The third kappa shape index (κ3) is 3.75. The maximum atomic E-state index is 10.9. The summed E-state index contributed by atoms with van der Waals surface area (Å²) in [6.07, 6.45) is 2.03. The average molecular weight is 172 g/mol. The molecule has 0 unspecified atom stereocenters. The van der Waals surface area contributed by atoms with Crippen LogP contribution in [0, 0.1) is 0 Å². The van der Waals surface area contributed by atoms with Crippen molar-refractivity contribution in [2.75, 3.05) is 7.11 Å². The van der Waals surface area contributed by atoms with E-state index < -0.39 is 11.9 Å². The van der Waals surface area contributed by atoms with Crippen molar-refractivity contribution in [3.63, 3.8) is 0 Å². The predicted octanol–water partition coefficient (Wildman–Crippen LogP) is 0.970. The van der Waals surface area contributed by atoms with Crippen molar-refractivity contribution >= 4 is 11.9 Å². The number of carboxylic acids is 1. The molecule has 12 heavy (non-hydrogen) atoms. The second-order valence-corrected chi connectivity index (χ2v) is 2.25. The molecule has 0 atom stereocenters. The number of hydrogen-bond donors (Lipinski definition) is 1. The fourth-order valence-corrected chi connectivity index (χ4v) is 0.783. The third-order valence-corrected chi connectivity index (χ3v) is 1.26. The highest BCUT2D eigenvalue weighted by molar-refractivity contribution is 5.95. The normalized spacial score (nSPS) is 11.0. The van der Waals surface area contributed by atoms with Gasteiger partial charge in [-0.15, -0.1) is 0 Å². The zero-order chi connectivity index (χ0) is 9.56. The van der Waals surface area contributed by atoms with Gasteiger partial charge in [0, 0.05) is 11.6 Å². The number of methoxy groups -OCH3 is 1.